The smallest absolute Gasteiger partial charge is 0.368 e. The third-order valence-electron chi connectivity index (χ3n) is 7.78. The van der Waals surface area contributed by atoms with Crippen LogP contribution in [0.15, 0.2) is 0 Å². The summed E-state index contributed by atoms with van der Waals surface area (Å²) in [7, 11) is 0. The minimum absolute atomic E-state index is 0.109. The zero-order chi connectivity index (χ0) is 27.6. The standard InChI is InChI=1S/C18H16F16O/c1-5-7-3-8-9(5)12(8,6(7)2)35-4-11(21,22)14(25,26)16(29,30)18(33,34)17(31,32)15(27,28)13(23,24)10(19)20/h5-10H,3-4H2,1-2H3. The van der Waals surface area contributed by atoms with Crippen molar-refractivity contribution in [2.75, 3.05) is 6.61 Å². The fraction of sp³-hybridized carbons (Fsp3) is 1.00. The minimum atomic E-state index is -8.37. The topological polar surface area (TPSA) is 9.23 Å². The summed E-state index contributed by atoms with van der Waals surface area (Å²) in [6, 6.07) is 0. The molecule has 0 heterocycles. The van der Waals surface area contributed by atoms with Crippen molar-refractivity contribution in [1.29, 1.82) is 0 Å². The van der Waals surface area contributed by atoms with E-state index in [1.54, 1.807) is 6.92 Å². The first kappa shape index (κ1) is 28.4. The quantitative estimate of drug-likeness (QED) is 0.265. The van der Waals surface area contributed by atoms with E-state index in [-0.39, 0.29) is 11.8 Å². The van der Waals surface area contributed by atoms with Gasteiger partial charge in [-0.1, -0.05) is 13.8 Å². The Hall–Kier alpha value is -1.16. The predicted molar refractivity (Wildman–Crippen MR) is 82.7 cm³/mol. The zero-order valence-electron chi connectivity index (χ0n) is 17.3. The lowest BCUT2D eigenvalue weighted by Gasteiger charge is -2.42. The molecule has 6 unspecified atom stereocenters. The monoisotopic (exact) mass is 552 g/mol. The molecule has 0 amide bonds. The summed E-state index contributed by atoms with van der Waals surface area (Å²) in [5.41, 5.74) is -1.49. The fourth-order valence-electron chi connectivity index (χ4n) is 5.81. The van der Waals surface area contributed by atoms with Gasteiger partial charge in [-0.2, -0.15) is 61.5 Å². The summed E-state index contributed by atoms with van der Waals surface area (Å²) in [5.74, 6) is -56.0. The molecule has 4 fully saturated rings. The fourth-order valence-corrected chi connectivity index (χ4v) is 5.81. The summed E-state index contributed by atoms with van der Waals surface area (Å²) in [4.78, 5) is 0. The van der Waals surface area contributed by atoms with Crippen LogP contribution in [0.3, 0.4) is 0 Å². The van der Waals surface area contributed by atoms with E-state index in [0.717, 1.165) is 0 Å². The number of halogens is 16. The molecule has 0 aromatic heterocycles. The number of hydrogen-bond donors (Lipinski definition) is 0. The Labute approximate surface area is 186 Å². The highest BCUT2D eigenvalue weighted by atomic mass is 19.4. The predicted octanol–water partition coefficient (Wildman–Crippen LogP) is 7.01. The summed E-state index contributed by atoms with van der Waals surface area (Å²) in [6.07, 6.45) is -5.45. The van der Waals surface area contributed by atoms with Crippen molar-refractivity contribution in [2.24, 2.45) is 29.6 Å². The van der Waals surface area contributed by atoms with Gasteiger partial charge in [0, 0.05) is 0 Å². The maximum Gasteiger partial charge on any atom is 0.384 e. The van der Waals surface area contributed by atoms with Gasteiger partial charge in [-0.25, -0.2) is 8.78 Å². The van der Waals surface area contributed by atoms with E-state index in [1.165, 1.54) is 6.92 Å². The van der Waals surface area contributed by atoms with Gasteiger partial charge < -0.3 is 4.74 Å². The van der Waals surface area contributed by atoms with Crippen LogP contribution in [0.4, 0.5) is 70.2 Å². The van der Waals surface area contributed by atoms with Crippen LogP contribution in [0.5, 0.6) is 0 Å². The van der Waals surface area contributed by atoms with E-state index in [9.17, 15) is 70.2 Å². The van der Waals surface area contributed by atoms with Gasteiger partial charge in [0.2, 0.25) is 0 Å². The Kier molecular flexibility index (Phi) is 5.87. The molecule has 0 aliphatic heterocycles. The second-order valence-corrected chi connectivity index (χ2v) is 9.32. The van der Waals surface area contributed by atoms with Crippen molar-refractivity contribution in [3.05, 3.63) is 0 Å². The third-order valence-corrected chi connectivity index (χ3v) is 7.78. The second-order valence-electron chi connectivity index (χ2n) is 9.32. The summed E-state index contributed by atoms with van der Waals surface area (Å²) in [5, 5.41) is 0. The Morgan fingerprint density at radius 2 is 1.14 bits per heavy atom. The van der Waals surface area contributed by atoms with E-state index in [1.807, 2.05) is 0 Å². The number of ether oxygens (including phenoxy) is 1. The molecule has 206 valence electrons. The van der Waals surface area contributed by atoms with Crippen LogP contribution in [0, 0.1) is 29.6 Å². The van der Waals surface area contributed by atoms with Crippen LogP contribution in [0.25, 0.3) is 0 Å². The molecule has 0 aromatic rings. The van der Waals surface area contributed by atoms with Gasteiger partial charge in [-0.15, -0.1) is 0 Å². The normalized spacial score (nSPS) is 34.2. The lowest BCUT2D eigenvalue weighted by atomic mass is 9.89. The molecular formula is C18H16F16O. The SMILES string of the molecule is CC1C2CC3C1C3(OCC(F)(F)C(F)(F)C(F)(F)C(F)(F)C(F)(F)C(F)(F)C(F)(F)C(F)F)C2C. The van der Waals surface area contributed by atoms with Gasteiger partial charge in [0.25, 0.3) is 0 Å². The highest BCUT2D eigenvalue weighted by Gasteiger charge is 2.94. The van der Waals surface area contributed by atoms with Gasteiger partial charge in [0.15, 0.2) is 0 Å². The van der Waals surface area contributed by atoms with E-state index in [0.29, 0.717) is 6.42 Å². The first-order valence-electron chi connectivity index (χ1n) is 9.89. The molecule has 4 saturated carbocycles. The van der Waals surface area contributed by atoms with Crippen molar-refractivity contribution in [3.63, 3.8) is 0 Å². The van der Waals surface area contributed by atoms with Gasteiger partial charge in [-0.3, -0.25) is 0 Å². The average Bonchev–Trinajstić information content (AvgIpc) is 2.96. The van der Waals surface area contributed by atoms with E-state index < -0.39 is 77.8 Å². The molecule has 4 bridgehead atoms. The summed E-state index contributed by atoms with van der Waals surface area (Å²) < 4.78 is 219. The van der Waals surface area contributed by atoms with Crippen molar-refractivity contribution in [1.82, 2.24) is 0 Å². The van der Waals surface area contributed by atoms with Crippen LogP contribution in [-0.2, 0) is 4.74 Å². The molecule has 0 N–H and O–H groups in total. The molecule has 17 heteroatoms. The van der Waals surface area contributed by atoms with Crippen molar-refractivity contribution in [2.45, 2.75) is 73.8 Å². The first-order valence-corrected chi connectivity index (χ1v) is 9.89. The van der Waals surface area contributed by atoms with E-state index in [4.69, 9.17) is 4.74 Å². The molecule has 0 radical (unpaired) electrons. The Balaban J connectivity index is 1.90. The molecule has 0 spiro atoms. The second kappa shape index (κ2) is 7.23. The molecule has 4 rings (SSSR count). The Bertz CT molecular complexity index is 849. The van der Waals surface area contributed by atoms with E-state index >= 15 is 0 Å². The van der Waals surface area contributed by atoms with Crippen molar-refractivity contribution < 1.29 is 75.0 Å². The third kappa shape index (κ3) is 3.01. The highest BCUT2D eigenvalue weighted by molar-refractivity contribution is 5.30. The maximum absolute atomic E-state index is 14.1. The summed E-state index contributed by atoms with van der Waals surface area (Å²) >= 11 is 0. The zero-order valence-corrected chi connectivity index (χ0v) is 17.3. The molecule has 0 saturated heterocycles. The molecule has 0 aromatic carbocycles. The van der Waals surface area contributed by atoms with Crippen LogP contribution < -0.4 is 0 Å². The largest absolute Gasteiger partial charge is 0.384 e. The number of rotatable bonds is 10. The Morgan fingerprint density at radius 3 is 1.49 bits per heavy atom. The molecule has 6 atom stereocenters. The van der Waals surface area contributed by atoms with Crippen LogP contribution in [0.1, 0.15) is 20.3 Å². The minimum Gasteiger partial charge on any atom is -0.368 e. The van der Waals surface area contributed by atoms with Crippen LogP contribution in [0.2, 0.25) is 0 Å². The van der Waals surface area contributed by atoms with E-state index in [2.05, 4.69) is 0 Å². The molecular weight excluding hydrogens is 536 g/mol. The average molecular weight is 552 g/mol. The lowest BCUT2D eigenvalue weighted by molar-refractivity contribution is -0.448. The number of hydrogen-bond acceptors (Lipinski definition) is 1. The van der Waals surface area contributed by atoms with Gasteiger partial charge in [0.05, 0.1) is 5.60 Å². The van der Waals surface area contributed by atoms with Gasteiger partial charge in [0.1, 0.15) is 6.61 Å². The van der Waals surface area contributed by atoms with Crippen molar-refractivity contribution in [3.8, 4) is 0 Å². The van der Waals surface area contributed by atoms with Crippen LogP contribution >= 0.6 is 0 Å². The molecule has 4 aliphatic carbocycles. The lowest BCUT2D eigenvalue weighted by Crippen LogP contribution is -2.74. The molecule has 35 heavy (non-hydrogen) atoms. The van der Waals surface area contributed by atoms with Gasteiger partial charge >= 0.3 is 47.9 Å². The molecule has 4 aliphatic rings. The van der Waals surface area contributed by atoms with Crippen molar-refractivity contribution >= 4 is 0 Å². The summed E-state index contributed by atoms with van der Waals surface area (Å²) in [6.45, 7) is 0.416. The number of alkyl halides is 16. The highest BCUT2D eigenvalue weighted by Crippen LogP contribution is 2.79. The molecule has 1 nitrogen and oxygen atoms in total. The maximum atomic E-state index is 14.1. The Morgan fingerprint density at radius 1 is 0.714 bits per heavy atom. The van der Waals surface area contributed by atoms with Gasteiger partial charge in [-0.05, 0) is 36.0 Å². The first-order chi connectivity index (χ1) is 15.3. The van der Waals surface area contributed by atoms with Crippen LogP contribution in [-0.4, -0.2) is 60.1 Å².